The summed E-state index contributed by atoms with van der Waals surface area (Å²) >= 11 is 0. The van der Waals surface area contributed by atoms with Gasteiger partial charge in [0.05, 0.1) is 31.0 Å². The summed E-state index contributed by atoms with van der Waals surface area (Å²) in [6.45, 7) is 9.95. The van der Waals surface area contributed by atoms with E-state index >= 15 is 0 Å². The first-order chi connectivity index (χ1) is 24.7. The number of hydrogen-bond donors (Lipinski definition) is 1. The molecule has 0 bridgehead atoms. The summed E-state index contributed by atoms with van der Waals surface area (Å²) in [7, 11) is 0. The van der Waals surface area contributed by atoms with Crippen molar-refractivity contribution in [1.82, 2.24) is 0 Å². The molecule has 6 nitrogen and oxygen atoms in total. The molecule has 1 saturated carbocycles. The zero-order valence-corrected chi connectivity index (χ0v) is 34.2. The first-order valence-corrected chi connectivity index (χ1v) is 22.3. The molecule has 0 heterocycles. The molecule has 0 spiro atoms. The third kappa shape index (κ3) is 27.6. The quantitative estimate of drug-likeness (QED) is 0.0518. The van der Waals surface area contributed by atoms with E-state index in [0.29, 0.717) is 26.1 Å². The Morgan fingerprint density at radius 1 is 0.451 bits per heavy atom. The van der Waals surface area contributed by atoms with Crippen LogP contribution in [0.2, 0.25) is 0 Å². The Labute approximate surface area is 315 Å². The monoisotopic (exact) mass is 721 g/mol. The molecule has 0 saturated heterocycles. The van der Waals surface area contributed by atoms with Crippen molar-refractivity contribution in [2.45, 2.75) is 227 Å². The second-order valence-electron chi connectivity index (χ2n) is 17.0. The van der Waals surface area contributed by atoms with Gasteiger partial charge in [-0.05, 0) is 43.9 Å². The van der Waals surface area contributed by atoms with Crippen molar-refractivity contribution in [2.75, 3.05) is 13.2 Å². The first kappa shape index (κ1) is 47.4. The van der Waals surface area contributed by atoms with Crippen LogP contribution in [0.25, 0.3) is 0 Å². The average Bonchev–Trinajstić information content (AvgIpc) is 3.10. The van der Waals surface area contributed by atoms with Crippen molar-refractivity contribution in [1.29, 1.82) is 0 Å². The Morgan fingerprint density at radius 2 is 0.745 bits per heavy atom. The Morgan fingerprint density at radius 3 is 1.06 bits per heavy atom. The molecule has 1 aliphatic carbocycles. The molecule has 51 heavy (non-hydrogen) atoms. The maximum atomic E-state index is 13.1. The summed E-state index contributed by atoms with van der Waals surface area (Å²) in [4.78, 5) is 37.8. The SMILES string of the molecule is CC(C)CCCCCCCCCCCCCCCOC(=O)C1CCC(C(=O)O)CC1C(=O)OCCCCCCCCCCCCCCCC(C)C. The van der Waals surface area contributed by atoms with E-state index in [2.05, 4.69) is 27.7 Å². The lowest BCUT2D eigenvalue weighted by molar-refractivity contribution is -0.166. The molecule has 1 rings (SSSR count). The molecule has 6 heteroatoms. The van der Waals surface area contributed by atoms with E-state index in [4.69, 9.17) is 9.47 Å². The normalized spacial score (nSPS) is 17.6. The number of hydrogen-bond acceptors (Lipinski definition) is 5. The molecule has 0 aromatic rings. The van der Waals surface area contributed by atoms with Gasteiger partial charge in [0.25, 0.3) is 0 Å². The Kier molecular flexibility index (Phi) is 30.7. The van der Waals surface area contributed by atoms with Gasteiger partial charge in [-0.2, -0.15) is 0 Å². The number of carboxylic acids is 1. The minimum absolute atomic E-state index is 0.157. The minimum atomic E-state index is -0.899. The Balaban J connectivity index is 2.11. The van der Waals surface area contributed by atoms with Crippen LogP contribution in [0.5, 0.6) is 0 Å². The highest BCUT2D eigenvalue weighted by Crippen LogP contribution is 2.36. The minimum Gasteiger partial charge on any atom is -0.481 e. The van der Waals surface area contributed by atoms with Crippen molar-refractivity contribution in [3.8, 4) is 0 Å². The average molecular weight is 721 g/mol. The van der Waals surface area contributed by atoms with Gasteiger partial charge in [-0.25, -0.2) is 0 Å². The number of carboxylic acid groups (broad SMARTS) is 1. The highest BCUT2D eigenvalue weighted by atomic mass is 16.5. The zero-order chi connectivity index (χ0) is 37.4. The number of esters is 2. The molecular formula is C45H84O6. The second-order valence-corrected chi connectivity index (χ2v) is 17.0. The van der Waals surface area contributed by atoms with E-state index in [1.807, 2.05) is 0 Å². The van der Waals surface area contributed by atoms with Crippen LogP contribution in [0.15, 0.2) is 0 Å². The maximum Gasteiger partial charge on any atom is 0.309 e. The van der Waals surface area contributed by atoms with Gasteiger partial charge < -0.3 is 14.6 Å². The molecule has 1 N–H and O–H groups in total. The molecule has 1 aliphatic rings. The van der Waals surface area contributed by atoms with Crippen LogP contribution in [0.4, 0.5) is 0 Å². The lowest BCUT2D eigenvalue weighted by Gasteiger charge is -2.31. The molecule has 0 aromatic heterocycles. The topological polar surface area (TPSA) is 89.9 Å². The smallest absolute Gasteiger partial charge is 0.309 e. The largest absolute Gasteiger partial charge is 0.481 e. The molecule has 0 aromatic carbocycles. The van der Waals surface area contributed by atoms with Crippen molar-refractivity contribution >= 4 is 17.9 Å². The molecule has 3 atom stereocenters. The number of unbranched alkanes of at least 4 members (excludes halogenated alkanes) is 24. The van der Waals surface area contributed by atoms with Crippen LogP contribution in [-0.2, 0) is 23.9 Å². The van der Waals surface area contributed by atoms with Crippen molar-refractivity contribution < 1.29 is 29.0 Å². The van der Waals surface area contributed by atoms with Crippen LogP contribution in [0.1, 0.15) is 227 Å². The molecular weight excluding hydrogens is 636 g/mol. The highest BCUT2D eigenvalue weighted by molar-refractivity contribution is 5.83. The van der Waals surface area contributed by atoms with Gasteiger partial charge in [0.2, 0.25) is 0 Å². The third-order valence-corrected chi connectivity index (χ3v) is 11.1. The fourth-order valence-corrected chi connectivity index (χ4v) is 7.70. The van der Waals surface area contributed by atoms with E-state index in [1.165, 1.54) is 141 Å². The van der Waals surface area contributed by atoms with E-state index < -0.39 is 29.7 Å². The fraction of sp³-hybridized carbons (Fsp3) is 0.933. The number of aliphatic carboxylic acids is 1. The van der Waals surface area contributed by atoms with Crippen LogP contribution < -0.4 is 0 Å². The van der Waals surface area contributed by atoms with E-state index in [9.17, 15) is 19.5 Å². The summed E-state index contributed by atoms with van der Waals surface area (Å²) in [5, 5.41) is 9.59. The van der Waals surface area contributed by atoms with Gasteiger partial charge in [-0.1, -0.05) is 195 Å². The van der Waals surface area contributed by atoms with E-state index in [0.717, 1.165) is 50.4 Å². The van der Waals surface area contributed by atoms with E-state index in [1.54, 1.807) is 0 Å². The van der Waals surface area contributed by atoms with Gasteiger partial charge >= 0.3 is 17.9 Å². The molecule has 1 fully saturated rings. The molecule has 0 amide bonds. The summed E-state index contributed by atoms with van der Waals surface area (Å²) in [5.41, 5.74) is 0. The molecule has 3 unspecified atom stereocenters. The van der Waals surface area contributed by atoms with Crippen LogP contribution in [0, 0.1) is 29.6 Å². The molecule has 0 aliphatic heterocycles. The van der Waals surface area contributed by atoms with E-state index in [-0.39, 0.29) is 12.4 Å². The summed E-state index contributed by atoms with van der Waals surface area (Å²) in [6.07, 6.45) is 36.6. The number of ether oxygens (including phenoxy) is 2. The third-order valence-electron chi connectivity index (χ3n) is 11.1. The van der Waals surface area contributed by atoms with Crippen LogP contribution in [0.3, 0.4) is 0 Å². The maximum absolute atomic E-state index is 13.1. The molecule has 300 valence electrons. The van der Waals surface area contributed by atoms with Gasteiger partial charge in [-0.3, -0.25) is 14.4 Å². The zero-order valence-electron chi connectivity index (χ0n) is 34.2. The lowest BCUT2D eigenvalue weighted by Crippen LogP contribution is -2.39. The predicted molar refractivity (Wildman–Crippen MR) is 213 cm³/mol. The first-order valence-electron chi connectivity index (χ1n) is 22.3. The number of carbonyl (C=O) groups is 3. The second kappa shape index (κ2) is 33.0. The lowest BCUT2D eigenvalue weighted by atomic mass is 9.74. The van der Waals surface area contributed by atoms with Gasteiger partial charge in [-0.15, -0.1) is 0 Å². The number of rotatable bonds is 35. The summed E-state index contributed by atoms with van der Waals surface area (Å²) < 4.78 is 11.2. The van der Waals surface area contributed by atoms with Crippen molar-refractivity contribution in [3.63, 3.8) is 0 Å². The summed E-state index contributed by atoms with van der Waals surface area (Å²) in [6, 6.07) is 0. The van der Waals surface area contributed by atoms with Crippen molar-refractivity contribution in [2.24, 2.45) is 29.6 Å². The predicted octanol–water partition coefficient (Wildman–Crippen LogP) is 13.4. The van der Waals surface area contributed by atoms with Gasteiger partial charge in [0.15, 0.2) is 0 Å². The van der Waals surface area contributed by atoms with Gasteiger partial charge in [0, 0.05) is 0 Å². The summed E-state index contributed by atoms with van der Waals surface area (Å²) in [5.74, 6) is -1.94. The van der Waals surface area contributed by atoms with Crippen molar-refractivity contribution in [3.05, 3.63) is 0 Å². The Bertz CT molecular complexity index is 839. The fourth-order valence-electron chi connectivity index (χ4n) is 7.70. The van der Waals surface area contributed by atoms with Crippen LogP contribution in [-0.4, -0.2) is 36.2 Å². The number of carbonyl (C=O) groups excluding carboxylic acids is 2. The standard InChI is InChI=1S/C45H84O6/c1-38(2)31-27-23-19-15-11-7-5-9-13-17-21-25-29-35-50-44(48)41-34-33-40(43(46)47)37-42(41)45(49)51-36-30-26-22-18-14-10-6-8-12-16-20-24-28-32-39(3)4/h38-42H,5-37H2,1-4H3,(H,46,47). The van der Waals surface area contributed by atoms with Crippen LogP contribution >= 0.6 is 0 Å². The molecule has 0 radical (unpaired) electrons. The van der Waals surface area contributed by atoms with Gasteiger partial charge in [0.1, 0.15) is 0 Å². The Hall–Kier alpha value is -1.59. The highest BCUT2D eigenvalue weighted by Gasteiger charge is 2.43.